The number of aromatic nitrogens is 2. The summed E-state index contributed by atoms with van der Waals surface area (Å²) >= 11 is 0. The van der Waals surface area contributed by atoms with Gasteiger partial charge in [-0.2, -0.15) is 0 Å². The molecule has 0 bridgehead atoms. The Morgan fingerprint density at radius 2 is 2.16 bits per heavy atom. The van der Waals surface area contributed by atoms with Gasteiger partial charge in [-0.1, -0.05) is 0 Å². The molecule has 0 amide bonds. The molecule has 0 atom stereocenters. The van der Waals surface area contributed by atoms with Gasteiger partial charge in [0.05, 0.1) is 5.56 Å². The summed E-state index contributed by atoms with van der Waals surface area (Å²) < 4.78 is 0. The Morgan fingerprint density at radius 3 is 2.84 bits per heavy atom. The van der Waals surface area contributed by atoms with Crippen molar-refractivity contribution >= 4 is 11.8 Å². The second-order valence-electron chi connectivity index (χ2n) is 4.34. The predicted octanol–water partition coefficient (Wildman–Crippen LogP) is 2.40. The smallest absolute Gasteiger partial charge is 0.335 e. The van der Waals surface area contributed by atoms with Gasteiger partial charge in [0.2, 0.25) is 0 Å². The van der Waals surface area contributed by atoms with E-state index in [1.54, 1.807) is 25.4 Å². The molecule has 2 N–H and O–H groups in total. The number of hydrogen-bond acceptors (Lipinski definition) is 4. The van der Waals surface area contributed by atoms with Gasteiger partial charge in [-0.25, -0.2) is 9.78 Å². The van der Waals surface area contributed by atoms with E-state index >= 15 is 0 Å². The zero-order valence-electron chi connectivity index (χ0n) is 10.8. The second-order valence-corrected chi connectivity index (χ2v) is 4.34. The summed E-state index contributed by atoms with van der Waals surface area (Å²) in [5.41, 5.74) is 3.10. The molecule has 2 aromatic rings. The first-order valence-electron chi connectivity index (χ1n) is 5.91. The zero-order valence-corrected chi connectivity index (χ0v) is 10.8. The van der Waals surface area contributed by atoms with Crippen molar-refractivity contribution in [1.29, 1.82) is 0 Å². The molecule has 98 valence electrons. The highest BCUT2D eigenvalue weighted by molar-refractivity contribution is 5.88. The van der Waals surface area contributed by atoms with Crippen LogP contribution in [0.5, 0.6) is 0 Å². The molecule has 19 heavy (non-hydrogen) atoms. The lowest BCUT2D eigenvalue weighted by molar-refractivity contribution is 0.0696. The van der Waals surface area contributed by atoms with E-state index in [0.29, 0.717) is 18.1 Å². The predicted molar refractivity (Wildman–Crippen MR) is 72.2 cm³/mol. The van der Waals surface area contributed by atoms with Gasteiger partial charge in [0, 0.05) is 24.6 Å². The summed E-state index contributed by atoms with van der Waals surface area (Å²) in [5, 5.41) is 12.1. The summed E-state index contributed by atoms with van der Waals surface area (Å²) in [4.78, 5) is 19.3. The molecule has 0 aliphatic rings. The Hall–Kier alpha value is -2.43. The lowest BCUT2D eigenvalue weighted by Crippen LogP contribution is -2.06. The SMILES string of the molecule is Cc1cc(C(=O)O)cc(NCc2ccncc2C)n1. The topological polar surface area (TPSA) is 75.1 Å². The lowest BCUT2D eigenvalue weighted by Gasteiger charge is -2.09. The average molecular weight is 257 g/mol. The molecule has 2 aromatic heterocycles. The Kier molecular flexibility index (Phi) is 3.75. The number of carbonyl (C=O) groups is 1. The fourth-order valence-corrected chi connectivity index (χ4v) is 1.77. The number of rotatable bonds is 4. The van der Waals surface area contributed by atoms with Gasteiger partial charge < -0.3 is 10.4 Å². The molecule has 0 spiro atoms. The number of nitrogens with one attached hydrogen (secondary N) is 1. The standard InChI is InChI=1S/C14H15N3O2/c1-9-7-15-4-3-11(9)8-16-13-6-12(14(18)19)5-10(2)17-13/h3-7H,8H2,1-2H3,(H,16,17)(H,18,19). The van der Waals surface area contributed by atoms with E-state index < -0.39 is 5.97 Å². The third kappa shape index (κ3) is 3.28. The van der Waals surface area contributed by atoms with Gasteiger partial charge in [-0.3, -0.25) is 4.98 Å². The molecule has 5 nitrogen and oxygen atoms in total. The van der Waals surface area contributed by atoms with Crippen LogP contribution >= 0.6 is 0 Å². The van der Waals surface area contributed by atoms with E-state index in [-0.39, 0.29) is 5.56 Å². The summed E-state index contributed by atoms with van der Waals surface area (Å²) in [7, 11) is 0. The number of aromatic carboxylic acids is 1. The average Bonchev–Trinajstić information content (AvgIpc) is 2.37. The van der Waals surface area contributed by atoms with Crippen LogP contribution in [0.2, 0.25) is 0 Å². The highest BCUT2D eigenvalue weighted by Gasteiger charge is 2.06. The number of hydrogen-bond donors (Lipinski definition) is 2. The second kappa shape index (κ2) is 5.48. The third-order valence-corrected chi connectivity index (χ3v) is 2.80. The van der Waals surface area contributed by atoms with Crippen LogP contribution in [0, 0.1) is 13.8 Å². The number of carboxylic acid groups (broad SMARTS) is 1. The van der Waals surface area contributed by atoms with Gasteiger partial charge in [0.15, 0.2) is 0 Å². The summed E-state index contributed by atoms with van der Waals surface area (Å²) in [6.45, 7) is 4.34. The molecule has 0 unspecified atom stereocenters. The Labute approximate surface area is 111 Å². The monoisotopic (exact) mass is 257 g/mol. The van der Waals surface area contributed by atoms with Gasteiger partial charge in [0.25, 0.3) is 0 Å². The fourth-order valence-electron chi connectivity index (χ4n) is 1.77. The molecular weight excluding hydrogens is 242 g/mol. The molecule has 5 heteroatoms. The molecule has 2 rings (SSSR count). The fraction of sp³-hybridized carbons (Fsp3) is 0.214. The van der Waals surface area contributed by atoms with Gasteiger partial charge in [-0.15, -0.1) is 0 Å². The van der Waals surface area contributed by atoms with Crippen molar-refractivity contribution in [3.05, 3.63) is 53.0 Å². The Bertz CT molecular complexity index is 611. The van der Waals surface area contributed by atoms with Crippen LogP contribution in [0.1, 0.15) is 27.2 Å². The minimum absolute atomic E-state index is 0.237. The van der Waals surface area contributed by atoms with Crippen LogP contribution < -0.4 is 5.32 Å². The molecule has 0 aliphatic carbocycles. The van der Waals surface area contributed by atoms with Gasteiger partial charge in [0.1, 0.15) is 5.82 Å². The minimum atomic E-state index is -0.950. The first kappa shape index (κ1) is 13.0. The first-order valence-corrected chi connectivity index (χ1v) is 5.91. The van der Waals surface area contributed by atoms with Gasteiger partial charge >= 0.3 is 5.97 Å². The Morgan fingerprint density at radius 1 is 1.37 bits per heavy atom. The summed E-state index contributed by atoms with van der Waals surface area (Å²) in [5.74, 6) is -0.387. The van der Waals surface area contributed by atoms with Crippen molar-refractivity contribution in [2.24, 2.45) is 0 Å². The van der Waals surface area contributed by atoms with Crippen molar-refractivity contribution < 1.29 is 9.90 Å². The van der Waals surface area contributed by atoms with Crippen LogP contribution in [-0.4, -0.2) is 21.0 Å². The quantitative estimate of drug-likeness (QED) is 0.879. The van der Waals surface area contributed by atoms with Crippen LogP contribution in [-0.2, 0) is 6.54 Å². The molecular formula is C14H15N3O2. The highest BCUT2D eigenvalue weighted by atomic mass is 16.4. The molecule has 0 aromatic carbocycles. The van der Waals surface area contributed by atoms with E-state index in [1.165, 1.54) is 6.07 Å². The van der Waals surface area contributed by atoms with Crippen molar-refractivity contribution in [2.45, 2.75) is 20.4 Å². The number of anilines is 1. The molecule has 0 fully saturated rings. The summed E-state index contributed by atoms with van der Waals surface area (Å²) in [6.07, 6.45) is 3.53. The van der Waals surface area contributed by atoms with Crippen LogP contribution in [0.4, 0.5) is 5.82 Å². The largest absolute Gasteiger partial charge is 0.478 e. The number of nitrogens with zero attached hydrogens (tertiary/aromatic N) is 2. The molecule has 0 saturated carbocycles. The number of pyridine rings is 2. The van der Waals surface area contributed by atoms with Crippen molar-refractivity contribution in [2.75, 3.05) is 5.32 Å². The van der Waals surface area contributed by atoms with Crippen molar-refractivity contribution in [3.8, 4) is 0 Å². The van der Waals surface area contributed by atoms with Crippen LogP contribution in [0.25, 0.3) is 0 Å². The maximum absolute atomic E-state index is 11.0. The summed E-state index contributed by atoms with van der Waals surface area (Å²) in [6, 6.07) is 5.01. The van der Waals surface area contributed by atoms with E-state index in [2.05, 4.69) is 15.3 Å². The Balaban J connectivity index is 2.16. The maximum Gasteiger partial charge on any atom is 0.335 e. The normalized spacial score (nSPS) is 10.2. The van der Waals surface area contributed by atoms with Crippen LogP contribution in [0.3, 0.4) is 0 Å². The van der Waals surface area contributed by atoms with E-state index in [9.17, 15) is 4.79 Å². The maximum atomic E-state index is 11.0. The third-order valence-electron chi connectivity index (χ3n) is 2.80. The number of aryl methyl sites for hydroxylation is 2. The zero-order chi connectivity index (χ0) is 13.8. The highest BCUT2D eigenvalue weighted by Crippen LogP contribution is 2.13. The molecule has 0 radical (unpaired) electrons. The molecule has 0 saturated heterocycles. The van der Waals surface area contributed by atoms with Gasteiger partial charge in [-0.05, 0) is 43.2 Å². The van der Waals surface area contributed by atoms with E-state index in [4.69, 9.17) is 5.11 Å². The minimum Gasteiger partial charge on any atom is -0.478 e. The van der Waals surface area contributed by atoms with Crippen molar-refractivity contribution in [3.63, 3.8) is 0 Å². The number of carboxylic acids is 1. The van der Waals surface area contributed by atoms with E-state index in [1.807, 2.05) is 13.0 Å². The molecule has 2 heterocycles. The van der Waals surface area contributed by atoms with Crippen LogP contribution in [0.15, 0.2) is 30.6 Å². The van der Waals surface area contributed by atoms with Crippen molar-refractivity contribution in [1.82, 2.24) is 9.97 Å². The molecule has 0 aliphatic heterocycles. The first-order chi connectivity index (χ1) is 9.06. The lowest BCUT2D eigenvalue weighted by atomic mass is 10.1. The van der Waals surface area contributed by atoms with E-state index in [0.717, 1.165) is 11.1 Å².